The molecule has 0 atom stereocenters. The van der Waals surface area contributed by atoms with Gasteiger partial charge in [0.25, 0.3) is 5.91 Å². The summed E-state index contributed by atoms with van der Waals surface area (Å²) in [4.78, 5) is 21.1. The molecule has 0 saturated heterocycles. The molecule has 6 heteroatoms. The molecule has 0 aliphatic heterocycles. The number of nitrogens with zero attached hydrogens (tertiary/aromatic N) is 2. The molecule has 1 heterocycles. The Morgan fingerprint density at radius 1 is 1.00 bits per heavy atom. The summed E-state index contributed by atoms with van der Waals surface area (Å²) >= 11 is 5.87. The maximum Gasteiger partial charge on any atom is 0.274 e. The van der Waals surface area contributed by atoms with Gasteiger partial charge < -0.3 is 10.6 Å². The molecule has 0 aliphatic rings. The first-order valence-corrected chi connectivity index (χ1v) is 8.97. The third-order valence-electron chi connectivity index (χ3n) is 3.97. The Morgan fingerprint density at radius 3 is 2.41 bits per heavy atom. The SMILES string of the molecule is CC(C)(C)c1ccccc1Nc1nccc(C(=O)Nc2ccc(Cl)cc2)n1. The number of hydrogen-bond donors (Lipinski definition) is 2. The fourth-order valence-electron chi connectivity index (χ4n) is 2.64. The van der Waals surface area contributed by atoms with E-state index < -0.39 is 0 Å². The summed E-state index contributed by atoms with van der Waals surface area (Å²) in [5.41, 5.74) is 2.95. The average Bonchev–Trinajstić information content (AvgIpc) is 2.63. The molecule has 0 fully saturated rings. The second-order valence-electron chi connectivity index (χ2n) is 7.15. The summed E-state index contributed by atoms with van der Waals surface area (Å²) in [7, 11) is 0. The number of anilines is 3. The highest BCUT2D eigenvalue weighted by Crippen LogP contribution is 2.30. The van der Waals surface area contributed by atoms with E-state index in [1.165, 1.54) is 0 Å². The smallest absolute Gasteiger partial charge is 0.274 e. The number of benzene rings is 2. The van der Waals surface area contributed by atoms with E-state index in [4.69, 9.17) is 11.6 Å². The highest BCUT2D eigenvalue weighted by molar-refractivity contribution is 6.30. The first-order chi connectivity index (χ1) is 12.8. The number of amides is 1. The quantitative estimate of drug-likeness (QED) is 0.633. The molecule has 1 aromatic heterocycles. The number of para-hydroxylation sites is 1. The molecule has 0 bridgehead atoms. The highest BCUT2D eigenvalue weighted by Gasteiger charge is 2.18. The predicted molar refractivity (Wildman–Crippen MR) is 110 cm³/mol. The maximum absolute atomic E-state index is 12.5. The standard InChI is InChI=1S/C21H21ClN4O/c1-21(2,3)16-6-4-5-7-17(16)25-20-23-13-12-18(26-20)19(27)24-15-10-8-14(22)9-11-15/h4-13H,1-3H3,(H,24,27)(H,23,25,26). The van der Waals surface area contributed by atoms with Crippen molar-refractivity contribution in [3.63, 3.8) is 0 Å². The van der Waals surface area contributed by atoms with Gasteiger partial charge in [0.1, 0.15) is 5.69 Å². The van der Waals surface area contributed by atoms with Gasteiger partial charge in [-0.1, -0.05) is 50.6 Å². The van der Waals surface area contributed by atoms with E-state index in [1.54, 1.807) is 36.5 Å². The molecule has 3 aromatic rings. The van der Waals surface area contributed by atoms with E-state index in [2.05, 4.69) is 47.4 Å². The van der Waals surface area contributed by atoms with Crippen LogP contribution in [0, 0.1) is 0 Å². The molecular weight excluding hydrogens is 360 g/mol. The fourth-order valence-corrected chi connectivity index (χ4v) is 2.77. The molecular formula is C21H21ClN4O. The van der Waals surface area contributed by atoms with E-state index in [-0.39, 0.29) is 17.0 Å². The van der Waals surface area contributed by atoms with Crippen LogP contribution in [0.4, 0.5) is 17.3 Å². The number of halogens is 1. The van der Waals surface area contributed by atoms with E-state index in [1.807, 2.05) is 18.2 Å². The number of hydrogen-bond acceptors (Lipinski definition) is 4. The van der Waals surface area contributed by atoms with Crippen molar-refractivity contribution in [3.05, 3.63) is 77.1 Å². The van der Waals surface area contributed by atoms with Crippen LogP contribution in [0.15, 0.2) is 60.8 Å². The van der Waals surface area contributed by atoms with Gasteiger partial charge >= 0.3 is 0 Å². The van der Waals surface area contributed by atoms with Crippen molar-refractivity contribution in [2.75, 3.05) is 10.6 Å². The minimum Gasteiger partial charge on any atom is -0.324 e. The molecule has 3 rings (SSSR count). The van der Waals surface area contributed by atoms with Crippen LogP contribution in [0.3, 0.4) is 0 Å². The van der Waals surface area contributed by atoms with Crippen molar-refractivity contribution in [3.8, 4) is 0 Å². The molecule has 5 nitrogen and oxygen atoms in total. The van der Waals surface area contributed by atoms with Gasteiger partial charge in [-0.05, 0) is 47.4 Å². The van der Waals surface area contributed by atoms with E-state index in [0.29, 0.717) is 16.7 Å². The lowest BCUT2D eigenvalue weighted by molar-refractivity contribution is 0.102. The predicted octanol–water partition coefficient (Wildman–Crippen LogP) is 5.42. The van der Waals surface area contributed by atoms with Crippen LogP contribution >= 0.6 is 11.6 Å². The second-order valence-corrected chi connectivity index (χ2v) is 7.58. The van der Waals surface area contributed by atoms with Gasteiger partial charge in [-0.2, -0.15) is 0 Å². The van der Waals surface area contributed by atoms with Crippen molar-refractivity contribution in [2.45, 2.75) is 26.2 Å². The van der Waals surface area contributed by atoms with Crippen LogP contribution in [0.5, 0.6) is 0 Å². The zero-order valence-corrected chi connectivity index (χ0v) is 16.2. The Morgan fingerprint density at radius 2 is 1.70 bits per heavy atom. The highest BCUT2D eigenvalue weighted by atomic mass is 35.5. The van der Waals surface area contributed by atoms with Crippen LogP contribution in [0.2, 0.25) is 5.02 Å². The number of aromatic nitrogens is 2. The lowest BCUT2D eigenvalue weighted by atomic mass is 9.86. The number of nitrogens with one attached hydrogen (secondary N) is 2. The van der Waals surface area contributed by atoms with E-state index in [0.717, 1.165) is 11.3 Å². The molecule has 0 radical (unpaired) electrons. The lowest BCUT2D eigenvalue weighted by Gasteiger charge is -2.23. The van der Waals surface area contributed by atoms with Gasteiger partial charge in [-0.15, -0.1) is 0 Å². The maximum atomic E-state index is 12.5. The molecule has 0 unspecified atom stereocenters. The summed E-state index contributed by atoms with van der Waals surface area (Å²) in [6, 6.07) is 16.5. The molecule has 138 valence electrons. The normalized spacial score (nSPS) is 11.1. The Bertz CT molecular complexity index is 949. The Hall–Kier alpha value is -2.92. The minimum absolute atomic E-state index is 0.0346. The van der Waals surface area contributed by atoms with Gasteiger partial charge in [-0.3, -0.25) is 4.79 Å². The zero-order chi connectivity index (χ0) is 19.4. The molecule has 0 saturated carbocycles. The van der Waals surface area contributed by atoms with Gasteiger partial charge in [0, 0.05) is 22.6 Å². The Labute approximate surface area is 163 Å². The second kappa shape index (κ2) is 7.76. The van der Waals surface area contributed by atoms with Gasteiger partial charge in [0.15, 0.2) is 0 Å². The summed E-state index contributed by atoms with van der Waals surface area (Å²) in [6.07, 6.45) is 1.56. The minimum atomic E-state index is -0.313. The third-order valence-corrected chi connectivity index (χ3v) is 4.22. The van der Waals surface area contributed by atoms with Gasteiger partial charge in [-0.25, -0.2) is 9.97 Å². The lowest BCUT2D eigenvalue weighted by Crippen LogP contribution is -2.16. The Balaban J connectivity index is 1.80. The van der Waals surface area contributed by atoms with Gasteiger partial charge in [0.05, 0.1) is 0 Å². The third kappa shape index (κ3) is 4.83. The van der Waals surface area contributed by atoms with Crippen LogP contribution in [0.25, 0.3) is 0 Å². The van der Waals surface area contributed by atoms with E-state index >= 15 is 0 Å². The fraction of sp³-hybridized carbons (Fsp3) is 0.190. The number of carbonyl (C=O) groups is 1. The van der Waals surface area contributed by atoms with Gasteiger partial charge in [0.2, 0.25) is 5.95 Å². The monoisotopic (exact) mass is 380 g/mol. The van der Waals surface area contributed by atoms with Crippen LogP contribution < -0.4 is 10.6 Å². The van der Waals surface area contributed by atoms with Crippen LogP contribution in [-0.4, -0.2) is 15.9 Å². The molecule has 1 amide bonds. The topological polar surface area (TPSA) is 66.9 Å². The van der Waals surface area contributed by atoms with Crippen LogP contribution in [-0.2, 0) is 5.41 Å². The number of carbonyl (C=O) groups excluding carboxylic acids is 1. The summed E-state index contributed by atoms with van der Waals surface area (Å²) < 4.78 is 0. The summed E-state index contributed by atoms with van der Waals surface area (Å²) in [5.74, 6) is 0.0577. The van der Waals surface area contributed by atoms with Crippen molar-refractivity contribution in [2.24, 2.45) is 0 Å². The van der Waals surface area contributed by atoms with Crippen molar-refractivity contribution in [1.29, 1.82) is 0 Å². The molecule has 2 aromatic carbocycles. The average molecular weight is 381 g/mol. The molecule has 0 spiro atoms. The first kappa shape index (κ1) is 18.9. The Kier molecular flexibility index (Phi) is 5.42. The van der Waals surface area contributed by atoms with Crippen molar-refractivity contribution >= 4 is 34.8 Å². The summed E-state index contributed by atoms with van der Waals surface area (Å²) in [5, 5.41) is 6.63. The molecule has 2 N–H and O–H groups in total. The number of rotatable bonds is 4. The van der Waals surface area contributed by atoms with Crippen molar-refractivity contribution in [1.82, 2.24) is 9.97 Å². The molecule has 27 heavy (non-hydrogen) atoms. The first-order valence-electron chi connectivity index (χ1n) is 8.59. The zero-order valence-electron chi connectivity index (χ0n) is 15.5. The summed E-state index contributed by atoms with van der Waals surface area (Å²) in [6.45, 7) is 6.43. The van der Waals surface area contributed by atoms with Crippen LogP contribution in [0.1, 0.15) is 36.8 Å². The van der Waals surface area contributed by atoms with E-state index in [9.17, 15) is 4.79 Å². The largest absolute Gasteiger partial charge is 0.324 e. The molecule has 0 aliphatic carbocycles. The van der Waals surface area contributed by atoms with Crippen molar-refractivity contribution < 1.29 is 4.79 Å².